The van der Waals surface area contributed by atoms with E-state index in [1.807, 2.05) is 189 Å². The van der Waals surface area contributed by atoms with E-state index < -0.39 is 0 Å². The van der Waals surface area contributed by atoms with Crippen molar-refractivity contribution in [3.8, 4) is 45.0 Å². The van der Waals surface area contributed by atoms with Crippen LogP contribution in [0.25, 0.3) is 93.7 Å². The predicted molar refractivity (Wildman–Crippen MR) is 568 cm³/mol. The molecule has 41 heteroatoms. The van der Waals surface area contributed by atoms with Crippen LogP contribution in [0, 0.1) is 27.7 Å². The average Bonchev–Trinajstić information content (AvgIpc) is 1.39. The second kappa shape index (κ2) is 42.1. The zero-order valence-electron chi connectivity index (χ0n) is 82.9. The van der Waals surface area contributed by atoms with Crippen LogP contribution < -0.4 is 66.3 Å². The fourth-order valence-corrected chi connectivity index (χ4v) is 19.4. The Balaban J connectivity index is 0.000000123. The molecule has 0 aliphatic carbocycles. The largest absolute Gasteiger partial charge is 0.398 e. The number of aryl methyl sites for hydroxylation is 1. The summed E-state index contributed by atoms with van der Waals surface area (Å²) in [6.45, 7) is 20.5. The number of aliphatic imine (C=N–C) groups is 1. The molecule has 0 bridgehead atoms. The number of ether oxygens (including phenoxy) is 3. The van der Waals surface area contributed by atoms with Crippen molar-refractivity contribution < 1.29 is 33.4 Å². The van der Waals surface area contributed by atoms with Gasteiger partial charge in [-0.05, 0) is 177 Å². The number of anilines is 15. The number of benzene rings is 2. The van der Waals surface area contributed by atoms with Crippen molar-refractivity contribution in [2.24, 2.45) is 4.99 Å². The molecule has 0 fully saturated rings. The molecule has 6 aliphatic heterocycles. The number of aromatic nitrogens is 18. The first-order valence-electron chi connectivity index (χ1n) is 48.4. The van der Waals surface area contributed by atoms with Gasteiger partial charge in [0.25, 0.3) is 0 Å². The average molecular weight is 1970 g/mol. The summed E-state index contributed by atoms with van der Waals surface area (Å²) >= 11 is 0. The number of carbonyl (C=O) groups excluding carboxylic acids is 4. The van der Waals surface area contributed by atoms with E-state index in [0.717, 1.165) is 181 Å². The van der Waals surface area contributed by atoms with Crippen molar-refractivity contribution in [3.05, 3.63) is 215 Å². The van der Waals surface area contributed by atoms with Gasteiger partial charge < -0.3 is 95.2 Å². The van der Waals surface area contributed by atoms with E-state index in [0.29, 0.717) is 153 Å². The molecule has 41 nitrogen and oxygen atoms in total. The maximum absolute atomic E-state index is 12.8. The lowest BCUT2D eigenvalue weighted by molar-refractivity contribution is -0.135. The lowest BCUT2D eigenvalue weighted by atomic mass is 9.97. The summed E-state index contributed by atoms with van der Waals surface area (Å²) in [6, 6.07) is 35.1. The van der Waals surface area contributed by atoms with Crippen molar-refractivity contribution in [3.63, 3.8) is 0 Å². The summed E-state index contributed by atoms with van der Waals surface area (Å²) in [4.78, 5) is 106. The van der Waals surface area contributed by atoms with E-state index in [9.17, 15) is 19.2 Å². The van der Waals surface area contributed by atoms with Crippen molar-refractivity contribution in [1.82, 2.24) is 109 Å². The zero-order chi connectivity index (χ0) is 102. The number of hydrogen-bond acceptors (Lipinski definition) is 33. The van der Waals surface area contributed by atoms with Gasteiger partial charge in [-0.3, -0.25) is 52.9 Å². The molecule has 0 saturated carbocycles. The molecule has 0 saturated heterocycles. The quantitative estimate of drug-likeness (QED) is 0.0280. The van der Waals surface area contributed by atoms with Gasteiger partial charge in [0.1, 0.15) is 72.7 Å². The van der Waals surface area contributed by atoms with Gasteiger partial charge in [0.15, 0.2) is 23.3 Å². The molecule has 0 spiro atoms. The van der Waals surface area contributed by atoms with Crippen LogP contribution in [0.4, 0.5) is 86.9 Å². The lowest BCUT2D eigenvalue weighted by Gasteiger charge is -2.27. The zero-order valence-corrected chi connectivity index (χ0v) is 82.9. The van der Waals surface area contributed by atoms with Gasteiger partial charge >= 0.3 is 0 Å². The molecule has 22 rings (SSSR count). The fourth-order valence-electron chi connectivity index (χ4n) is 19.4. The number of pyridine rings is 10. The minimum absolute atomic E-state index is 0.0226. The number of nitrogens with one attached hydrogen (secondary N) is 6. The van der Waals surface area contributed by atoms with E-state index >= 15 is 0 Å². The number of rotatable bonds is 22. The van der Waals surface area contributed by atoms with Gasteiger partial charge in [-0.1, -0.05) is 24.3 Å². The Kier molecular flexibility index (Phi) is 28.2. The topological polar surface area (TPSA) is 547 Å². The first kappa shape index (κ1) is 97.6. The highest BCUT2D eigenvalue weighted by Gasteiger charge is 2.32. The van der Waals surface area contributed by atoms with E-state index in [1.165, 1.54) is 0 Å². The first-order valence-corrected chi connectivity index (χ1v) is 48.4. The summed E-state index contributed by atoms with van der Waals surface area (Å²) in [5, 5.41) is 44.5. The highest BCUT2D eigenvalue weighted by atomic mass is 16.5. The molecule has 14 aromatic heterocycles. The number of nitrogens with zero attached hydrogens (tertiary/aromatic N) is 22. The Morgan fingerprint density at radius 2 is 0.753 bits per heavy atom. The number of carbonyl (C=O) groups is 4. The molecule has 0 unspecified atom stereocenters. The Bertz CT molecular complexity index is 7600. The molecule has 3 atom stereocenters. The van der Waals surface area contributed by atoms with E-state index in [4.69, 9.17) is 53.6 Å². The Morgan fingerprint density at radius 3 is 1.14 bits per heavy atom. The number of hydrogen-bond donors (Lipinski definition) is 12. The molecule has 748 valence electrons. The van der Waals surface area contributed by atoms with E-state index in [2.05, 4.69) is 116 Å². The van der Waals surface area contributed by atoms with Crippen LogP contribution in [-0.4, -0.2) is 232 Å². The lowest BCUT2D eigenvalue weighted by Crippen LogP contribution is -2.42. The van der Waals surface area contributed by atoms with Crippen molar-refractivity contribution >= 4 is 165 Å². The third kappa shape index (κ3) is 20.9. The van der Waals surface area contributed by atoms with Gasteiger partial charge in [-0.15, -0.1) is 0 Å². The van der Waals surface area contributed by atoms with Gasteiger partial charge in [-0.2, -0.15) is 20.4 Å². The SMILES string of the molecule is COC[C@@H](C)N1CCc2cc(Nc3cc4cc(-c5cccc(N)c5C)nc(N)c4cn3)nn2CC1=O.COC[C@H](C)N1CCc2cc(Nc3cc4cc(-c5cccc(N)c5C)nc(N)c4cn3)nn2CC1=O.COC[C@H](C)N1CCc2cc(Nc3cc4cc(-c5cnc6c(c5C)NCCC6)nc(N)c4cn3)nn2CC1=O.Cc1c(C2=CC=NC2)cncc1-c1cc2cc(Nc3cc4n(n3)CC(=O)NCC4)ncc2c(N)n1. The normalized spacial score (nSPS) is 15.0. The summed E-state index contributed by atoms with van der Waals surface area (Å²) in [7, 11) is 4.94. The standard InChI is InChI=1S/C28H33N9O2.2C26H30N8O2.C25H23N9O/c1-16(15-39-3)36-8-6-19-11-25(35-37(19)14-26(36)38)34-24-10-18-9-23(33-28(29)21(18)13-32-24)20-12-31-22-5-4-7-30-27(22)17(20)2;2*1-15(14-36-3)33-8-7-18-11-24(32-34(18)13-25(33)35)31-23-10-17-9-22(30-26(28)20(17)12-29-23)19-5-4-6-21(27)16(19)2;1-14-18(15-2-4-27-9-15)10-28-11-19(14)21-6-16-7-22(30-12-20(16)25(26)31-21)32-23-8-17-3-5-29-24(35)13-34(17)33-23/h9-13,16,30H,4-8,14-15H2,1-3H3,(H2,29,33)(H,32,34,35);2*4-6,9-12,15H,7-8,13-14,27H2,1-3H3,(H2,28,30)(H,29,31,32);2,4,6-8,10-12H,3,5,9,13H2,1H3,(H2,26,31)(H,29,35)(H,30,32,33)/t16-;2*15-;/m010./s1. The molecule has 2 aromatic carbocycles. The van der Waals surface area contributed by atoms with Gasteiger partial charge in [0.05, 0.1) is 78.6 Å². The second-order valence-electron chi connectivity index (χ2n) is 37.2. The van der Waals surface area contributed by atoms with Crippen LogP contribution in [0.2, 0.25) is 0 Å². The molecular formula is C105H116N34O7. The number of nitrogens with two attached hydrogens (primary N) is 6. The van der Waals surface area contributed by atoms with Gasteiger partial charge in [0.2, 0.25) is 23.6 Å². The van der Waals surface area contributed by atoms with Crippen LogP contribution in [0.1, 0.15) is 83.5 Å². The summed E-state index contributed by atoms with van der Waals surface area (Å²) < 4.78 is 22.7. The minimum atomic E-state index is -0.0386. The summed E-state index contributed by atoms with van der Waals surface area (Å²) in [6.07, 6.45) is 21.2. The molecular weight excluding hydrogens is 1850 g/mol. The van der Waals surface area contributed by atoms with E-state index in [-0.39, 0.29) is 67.9 Å². The molecule has 146 heavy (non-hydrogen) atoms. The first-order chi connectivity index (χ1) is 70.6. The number of allylic oxidation sites excluding steroid dienone is 1. The Hall–Kier alpha value is -17.2. The summed E-state index contributed by atoms with van der Waals surface area (Å²) in [5.41, 5.74) is 58.1. The Morgan fingerprint density at radius 1 is 0.384 bits per heavy atom. The number of nitrogen functional groups attached to an aromatic ring is 6. The van der Waals surface area contributed by atoms with Crippen LogP contribution >= 0.6 is 0 Å². The molecule has 6 aliphatic rings. The van der Waals surface area contributed by atoms with Crippen molar-refractivity contribution in [2.75, 3.05) is 141 Å². The molecule has 18 N–H and O–H groups in total. The highest BCUT2D eigenvalue weighted by molar-refractivity contribution is 6.00. The maximum atomic E-state index is 12.8. The number of amides is 4. The number of fused-ring (bicyclic) bond motifs is 9. The molecule has 20 heterocycles. The maximum Gasteiger partial charge on any atom is 0.244 e. The van der Waals surface area contributed by atoms with Crippen LogP contribution in [0.5, 0.6) is 0 Å². The molecule has 16 aromatic rings. The smallest absolute Gasteiger partial charge is 0.244 e. The van der Waals surface area contributed by atoms with Crippen molar-refractivity contribution in [2.45, 2.75) is 131 Å². The number of methoxy groups -OCH3 is 3. The monoisotopic (exact) mass is 1960 g/mol. The predicted octanol–water partition coefficient (Wildman–Crippen LogP) is 12.2. The van der Waals surface area contributed by atoms with Gasteiger partial charge in [-0.25, -0.2) is 39.9 Å². The van der Waals surface area contributed by atoms with Gasteiger partial charge in [0, 0.05) is 237 Å². The third-order valence-electron chi connectivity index (χ3n) is 27.3. The second-order valence-corrected chi connectivity index (χ2v) is 37.2. The third-order valence-corrected chi connectivity index (χ3v) is 27.3. The van der Waals surface area contributed by atoms with Crippen LogP contribution in [0.15, 0.2) is 164 Å². The molecule has 4 amide bonds. The van der Waals surface area contributed by atoms with Crippen molar-refractivity contribution in [1.29, 1.82) is 0 Å². The fraction of sp³-hybridized carbons (Fsp3) is 0.305. The van der Waals surface area contributed by atoms with Crippen LogP contribution in [-0.2, 0) is 91.7 Å². The highest BCUT2D eigenvalue weighted by Crippen LogP contribution is 2.40. The minimum Gasteiger partial charge on any atom is -0.398 e. The summed E-state index contributed by atoms with van der Waals surface area (Å²) in [5.74, 6) is 6.77. The molecule has 0 radical (unpaired) electrons. The van der Waals surface area contributed by atoms with E-state index in [1.54, 1.807) is 64.8 Å². The Labute approximate surface area is 840 Å². The van der Waals surface area contributed by atoms with Crippen LogP contribution in [0.3, 0.4) is 0 Å².